The van der Waals surface area contributed by atoms with E-state index in [2.05, 4.69) is 0 Å². The molecule has 0 bridgehead atoms. The van der Waals surface area contributed by atoms with Crippen molar-refractivity contribution in [2.75, 3.05) is 26.4 Å². The fraction of sp³-hybridized carbons (Fsp3) is 0.471. The second-order valence-electron chi connectivity index (χ2n) is 6.04. The molecule has 1 saturated heterocycles. The van der Waals surface area contributed by atoms with Gasteiger partial charge in [0.15, 0.2) is 6.67 Å². The minimum atomic E-state index is -0.239. The number of hydrogen-bond donors (Lipinski definition) is 1. The number of quaternary nitrogens is 1. The number of fused-ring (bicyclic) bond motifs is 1. The Morgan fingerprint density at radius 1 is 1.26 bits per heavy atom. The van der Waals surface area contributed by atoms with Crippen molar-refractivity contribution in [3.05, 3.63) is 35.4 Å². The van der Waals surface area contributed by atoms with Gasteiger partial charge in [-0.05, 0) is 31.9 Å². The van der Waals surface area contributed by atoms with Gasteiger partial charge in [-0.2, -0.15) is 0 Å². The Morgan fingerprint density at radius 3 is 2.52 bits per heavy atom. The fourth-order valence-electron chi connectivity index (χ4n) is 3.36. The molecule has 1 N–H and O–H groups in total. The smallest absolute Gasteiger partial charge is 0.314 e. The van der Waals surface area contributed by atoms with Crippen LogP contribution in [0.15, 0.2) is 24.3 Å². The normalized spacial score (nSPS) is 23.8. The Hall–Kier alpha value is -2.21. The summed E-state index contributed by atoms with van der Waals surface area (Å²) in [6.45, 7) is 3.94. The van der Waals surface area contributed by atoms with Gasteiger partial charge in [0.2, 0.25) is 0 Å². The highest BCUT2D eigenvalue weighted by Gasteiger charge is 2.39. The molecule has 2 aliphatic heterocycles. The van der Waals surface area contributed by atoms with Gasteiger partial charge >= 0.3 is 5.97 Å². The number of benzene rings is 1. The Balaban J connectivity index is 1.67. The van der Waals surface area contributed by atoms with E-state index < -0.39 is 0 Å². The molecule has 3 rings (SSSR count). The van der Waals surface area contributed by atoms with Crippen molar-refractivity contribution < 1.29 is 24.0 Å². The molecule has 2 amide bonds. The first-order chi connectivity index (χ1) is 11.1. The Morgan fingerprint density at radius 2 is 1.91 bits per heavy atom. The zero-order valence-corrected chi connectivity index (χ0v) is 13.2. The van der Waals surface area contributed by atoms with Crippen LogP contribution < -0.4 is 4.90 Å². The third-order valence-corrected chi connectivity index (χ3v) is 4.50. The predicted octanol–water partition coefficient (Wildman–Crippen LogP) is 0.0981. The van der Waals surface area contributed by atoms with Crippen LogP contribution in [0.5, 0.6) is 0 Å². The van der Waals surface area contributed by atoms with Gasteiger partial charge in [0.1, 0.15) is 5.92 Å². The number of ether oxygens (including phenoxy) is 1. The van der Waals surface area contributed by atoms with Crippen molar-refractivity contribution in [2.45, 2.75) is 19.8 Å². The first kappa shape index (κ1) is 15.7. The van der Waals surface area contributed by atoms with Crippen molar-refractivity contribution in [1.29, 1.82) is 0 Å². The van der Waals surface area contributed by atoms with Crippen molar-refractivity contribution in [2.24, 2.45) is 5.92 Å². The lowest BCUT2D eigenvalue weighted by molar-refractivity contribution is -0.914. The van der Waals surface area contributed by atoms with Crippen LogP contribution in [0.25, 0.3) is 0 Å². The van der Waals surface area contributed by atoms with E-state index in [1.54, 1.807) is 31.2 Å². The highest BCUT2D eigenvalue weighted by atomic mass is 16.5. The number of imide groups is 1. The summed E-state index contributed by atoms with van der Waals surface area (Å²) in [7, 11) is 0. The summed E-state index contributed by atoms with van der Waals surface area (Å²) in [5.74, 6) is -0.798. The molecular formula is C17H21N2O4+. The van der Waals surface area contributed by atoms with Crippen molar-refractivity contribution in [3.63, 3.8) is 0 Å². The van der Waals surface area contributed by atoms with E-state index in [1.807, 2.05) is 0 Å². The topological polar surface area (TPSA) is 68.1 Å². The summed E-state index contributed by atoms with van der Waals surface area (Å²) in [6, 6.07) is 6.89. The van der Waals surface area contributed by atoms with Crippen LogP contribution in [0, 0.1) is 5.92 Å². The molecule has 23 heavy (non-hydrogen) atoms. The average molecular weight is 317 g/mol. The molecule has 2 heterocycles. The van der Waals surface area contributed by atoms with E-state index in [1.165, 1.54) is 4.90 Å². The molecule has 0 spiro atoms. The molecule has 1 aromatic rings. The van der Waals surface area contributed by atoms with Gasteiger partial charge in [-0.15, -0.1) is 0 Å². The van der Waals surface area contributed by atoms with Crippen LogP contribution in [0.4, 0.5) is 0 Å². The Labute approximate surface area is 135 Å². The summed E-state index contributed by atoms with van der Waals surface area (Å²) >= 11 is 0. The van der Waals surface area contributed by atoms with Crippen LogP contribution in [0.3, 0.4) is 0 Å². The van der Waals surface area contributed by atoms with Crippen LogP contribution in [0.2, 0.25) is 0 Å². The molecular weight excluding hydrogens is 296 g/mol. The number of hydrogen-bond acceptors (Lipinski definition) is 4. The van der Waals surface area contributed by atoms with Crippen LogP contribution in [-0.2, 0) is 9.53 Å². The number of rotatable bonds is 4. The number of piperidine rings is 1. The van der Waals surface area contributed by atoms with Gasteiger partial charge in [-0.3, -0.25) is 14.4 Å². The number of carbonyl (C=O) groups excluding carboxylic acids is 3. The van der Waals surface area contributed by atoms with Crippen LogP contribution in [0.1, 0.15) is 40.5 Å². The molecule has 1 unspecified atom stereocenters. The third-order valence-electron chi connectivity index (χ3n) is 4.50. The number of likely N-dealkylation sites (tertiary alicyclic amines) is 1. The van der Waals surface area contributed by atoms with Gasteiger partial charge in [-0.1, -0.05) is 12.1 Å². The monoisotopic (exact) mass is 317 g/mol. The van der Waals surface area contributed by atoms with Crippen molar-refractivity contribution >= 4 is 17.8 Å². The second-order valence-corrected chi connectivity index (χ2v) is 6.04. The van der Waals surface area contributed by atoms with Crippen molar-refractivity contribution in [1.82, 2.24) is 4.90 Å². The number of nitrogens with one attached hydrogen (secondary N) is 1. The zero-order valence-electron chi connectivity index (χ0n) is 13.2. The van der Waals surface area contributed by atoms with Crippen LogP contribution >= 0.6 is 0 Å². The lowest BCUT2D eigenvalue weighted by Gasteiger charge is -2.30. The van der Waals surface area contributed by atoms with Gasteiger partial charge in [-0.25, -0.2) is 4.90 Å². The highest BCUT2D eigenvalue weighted by Crippen LogP contribution is 2.21. The Bertz CT molecular complexity index is 608. The molecule has 0 saturated carbocycles. The minimum absolute atomic E-state index is 0.145. The molecule has 6 heteroatoms. The quantitative estimate of drug-likeness (QED) is 0.632. The Kier molecular flexibility index (Phi) is 4.43. The van der Waals surface area contributed by atoms with Gasteiger partial charge < -0.3 is 9.64 Å². The molecule has 1 aromatic carbocycles. The third kappa shape index (κ3) is 2.99. The maximum Gasteiger partial charge on any atom is 0.314 e. The first-order valence-corrected chi connectivity index (χ1v) is 8.07. The highest BCUT2D eigenvalue weighted by molar-refractivity contribution is 6.21. The van der Waals surface area contributed by atoms with E-state index in [9.17, 15) is 14.4 Å². The first-order valence-electron chi connectivity index (χ1n) is 8.07. The van der Waals surface area contributed by atoms with E-state index in [-0.39, 0.29) is 23.7 Å². The molecule has 0 aromatic heterocycles. The molecule has 1 fully saturated rings. The molecule has 6 nitrogen and oxygen atoms in total. The predicted molar refractivity (Wildman–Crippen MR) is 81.9 cm³/mol. The average Bonchev–Trinajstić information content (AvgIpc) is 2.81. The summed E-state index contributed by atoms with van der Waals surface area (Å²) in [6.07, 6.45) is 1.70. The molecule has 2 atom stereocenters. The fourth-order valence-corrected chi connectivity index (χ4v) is 3.36. The molecule has 2 aliphatic rings. The largest absolute Gasteiger partial charge is 0.466 e. The number of amides is 2. The number of nitrogens with zero attached hydrogens (tertiary/aromatic N) is 1. The van der Waals surface area contributed by atoms with Gasteiger partial charge in [0, 0.05) is 0 Å². The molecule has 122 valence electrons. The SMILES string of the molecule is CCOC(=O)[C@@H]1CCC[NH+](CN2C(=O)c3ccccc3C2=O)C1. The maximum absolute atomic E-state index is 12.4. The number of esters is 1. The summed E-state index contributed by atoms with van der Waals surface area (Å²) in [5.41, 5.74) is 0.937. The van der Waals surface area contributed by atoms with Gasteiger partial charge in [0.05, 0.1) is 30.8 Å². The summed E-state index contributed by atoms with van der Waals surface area (Å²) < 4.78 is 5.09. The lowest BCUT2D eigenvalue weighted by atomic mass is 9.98. The number of carbonyl (C=O) groups is 3. The van der Waals surface area contributed by atoms with Crippen LogP contribution in [-0.4, -0.2) is 49.0 Å². The maximum atomic E-state index is 12.4. The summed E-state index contributed by atoms with van der Waals surface area (Å²) in [4.78, 5) is 39.1. The molecule has 0 aliphatic carbocycles. The van der Waals surface area contributed by atoms with Crippen molar-refractivity contribution in [3.8, 4) is 0 Å². The van der Waals surface area contributed by atoms with E-state index in [0.29, 0.717) is 30.9 Å². The van der Waals surface area contributed by atoms with E-state index >= 15 is 0 Å². The lowest BCUT2D eigenvalue weighted by Crippen LogP contribution is -3.15. The molecule has 0 radical (unpaired) electrons. The van der Waals surface area contributed by atoms with Gasteiger partial charge in [0.25, 0.3) is 11.8 Å². The van der Waals surface area contributed by atoms with E-state index in [0.717, 1.165) is 24.3 Å². The van der Waals surface area contributed by atoms with E-state index in [4.69, 9.17) is 4.74 Å². The second kappa shape index (κ2) is 6.50. The zero-order chi connectivity index (χ0) is 16.4. The summed E-state index contributed by atoms with van der Waals surface area (Å²) in [5, 5.41) is 0. The minimum Gasteiger partial charge on any atom is -0.466 e. The standard InChI is InChI=1S/C17H20N2O4/c1-2-23-17(22)12-6-5-9-18(10-12)11-19-15(20)13-7-3-4-8-14(13)16(19)21/h3-4,7-8,12H,2,5-6,9-11H2,1H3/p+1/t12-/m1/s1.